The summed E-state index contributed by atoms with van der Waals surface area (Å²) in [4.78, 5) is 16.1. The van der Waals surface area contributed by atoms with Crippen molar-refractivity contribution in [2.75, 3.05) is 13.7 Å². The largest absolute Gasteiger partial charge is 0.497 e. The number of methoxy groups -OCH3 is 1. The van der Waals surface area contributed by atoms with Gasteiger partial charge >= 0.3 is 0 Å². The molecule has 6 heteroatoms. The lowest BCUT2D eigenvalue weighted by molar-refractivity contribution is -0.121. The number of nitrogens with zero attached hydrogens (tertiary/aromatic N) is 2. The van der Waals surface area contributed by atoms with Crippen LogP contribution in [0.15, 0.2) is 28.8 Å². The van der Waals surface area contributed by atoms with Crippen molar-refractivity contribution in [1.29, 1.82) is 0 Å². The second-order valence-corrected chi connectivity index (χ2v) is 5.65. The van der Waals surface area contributed by atoms with Gasteiger partial charge in [0.25, 0.3) is 0 Å². The maximum Gasteiger partial charge on any atom is 0.227 e. The number of nitrogens with one attached hydrogen (secondary N) is 1. The molecule has 1 N–H and O–H groups in total. The van der Waals surface area contributed by atoms with Gasteiger partial charge in [0, 0.05) is 24.9 Å². The summed E-state index contributed by atoms with van der Waals surface area (Å²) in [7, 11) is 1.62. The second-order valence-electron chi connectivity index (χ2n) is 5.65. The number of rotatable bonds is 10. The van der Waals surface area contributed by atoms with Gasteiger partial charge in [0.2, 0.25) is 17.6 Å². The molecule has 0 fully saturated rings. The maximum absolute atomic E-state index is 11.8. The Morgan fingerprint density at radius 2 is 2.00 bits per heavy atom. The molecule has 1 heterocycles. The number of carbonyl (C=O) groups is 1. The van der Waals surface area contributed by atoms with Crippen molar-refractivity contribution in [3.63, 3.8) is 0 Å². The minimum atomic E-state index is 0.0238. The van der Waals surface area contributed by atoms with Crippen LogP contribution in [0.2, 0.25) is 0 Å². The minimum Gasteiger partial charge on any atom is -0.497 e. The van der Waals surface area contributed by atoms with Crippen LogP contribution in [-0.2, 0) is 11.2 Å². The monoisotopic (exact) mass is 331 g/mol. The van der Waals surface area contributed by atoms with Gasteiger partial charge in [-0.15, -0.1) is 0 Å². The molecule has 0 radical (unpaired) electrons. The van der Waals surface area contributed by atoms with E-state index in [0.717, 1.165) is 30.7 Å². The molecule has 1 amide bonds. The lowest BCUT2D eigenvalue weighted by Crippen LogP contribution is -2.24. The fourth-order valence-electron chi connectivity index (χ4n) is 2.30. The Hall–Kier alpha value is -2.37. The van der Waals surface area contributed by atoms with Gasteiger partial charge in [-0.25, -0.2) is 0 Å². The molecule has 0 saturated carbocycles. The van der Waals surface area contributed by atoms with E-state index in [1.54, 1.807) is 7.11 Å². The molecule has 1 aromatic heterocycles. The standard InChI is InChI=1S/C18H25N3O3/c1-3-4-5-6-13-19-16(22)11-12-17-20-18(21-24-17)14-7-9-15(23-2)10-8-14/h7-10H,3-6,11-13H2,1-2H3,(H,19,22). The van der Waals surface area contributed by atoms with E-state index in [4.69, 9.17) is 9.26 Å². The molecule has 0 aliphatic rings. The number of aryl methyl sites for hydroxylation is 1. The molecule has 1 aromatic carbocycles. The molecular formula is C18H25N3O3. The number of unbranched alkanes of at least 4 members (excludes halogenated alkanes) is 3. The highest BCUT2D eigenvalue weighted by Crippen LogP contribution is 2.19. The van der Waals surface area contributed by atoms with Crippen LogP contribution in [-0.4, -0.2) is 29.7 Å². The number of ether oxygens (including phenoxy) is 1. The molecule has 130 valence electrons. The number of hydrogen-bond donors (Lipinski definition) is 1. The first-order chi connectivity index (χ1) is 11.7. The molecule has 6 nitrogen and oxygen atoms in total. The highest BCUT2D eigenvalue weighted by molar-refractivity contribution is 5.75. The third-order valence-corrected chi connectivity index (χ3v) is 3.73. The van der Waals surface area contributed by atoms with Crippen LogP contribution in [0.4, 0.5) is 0 Å². The Bertz CT molecular complexity index is 623. The topological polar surface area (TPSA) is 77.2 Å². The number of benzene rings is 1. The van der Waals surface area contributed by atoms with E-state index in [9.17, 15) is 4.79 Å². The van der Waals surface area contributed by atoms with Crippen LogP contribution < -0.4 is 10.1 Å². The predicted octanol–water partition coefficient (Wildman–Crippen LogP) is 3.37. The summed E-state index contributed by atoms with van der Waals surface area (Å²) in [6.45, 7) is 2.91. The van der Waals surface area contributed by atoms with Crippen molar-refractivity contribution < 1.29 is 14.1 Å². The second kappa shape index (κ2) is 9.70. The van der Waals surface area contributed by atoms with E-state index in [1.165, 1.54) is 12.8 Å². The first kappa shape index (κ1) is 18.0. The van der Waals surface area contributed by atoms with Crippen LogP contribution in [0.1, 0.15) is 44.9 Å². The number of aromatic nitrogens is 2. The summed E-state index contributed by atoms with van der Waals surface area (Å²) < 4.78 is 10.3. The molecule has 0 aliphatic carbocycles. The predicted molar refractivity (Wildman–Crippen MR) is 91.8 cm³/mol. The summed E-state index contributed by atoms with van der Waals surface area (Å²) in [6.07, 6.45) is 5.41. The van der Waals surface area contributed by atoms with E-state index in [0.29, 0.717) is 24.6 Å². The van der Waals surface area contributed by atoms with Crippen molar-refractivity contribution in [3.05, 3.63) is 30.2 Å². The average molecular weight is 331 g/mol. The molecular weight excluding hydrogens is 306 g/mol. The van der Waals surface area contributed by atoms with Gasteiger partial charge in [0.1, 0.15) is 5.75 Å². The molecule has 0 spiro atoms. The highest BCUT2D eigenvalue weighted by atomic mass is 16.5. The lowest BCUT2D eigenvalue weighted by Gasteiger charge is -2.03. The number of carbonyl (C=O) groups excluding carboxylic acids is 1. The number of hydrogen-bond acceptors (Lipinski definition) is 5. The maximum atomic E-state index is 11.8. The molecule has 0 atom stereocenters. The van der Waals surface area contributed by atoms with Crippen LogP contribution in [0, 0.1) is 0 Å². The first-order valence-corrected chi connectivity index (χ1v) is 8.46. The molecule has 0 unspecified atom stereocenters. The zero-order valence-corrected chi connectivity index (χ0v) is 14.4. The molecule has 2 rings (SSSR count). The van der Waals surface area contributed by atoms with Gasteiger partial charge in [0.15, 0.2) is 0 Å². The average Bonchev–Trinajstić information content (AvgIpc) is 3.09. The summed E-state index contributed by atoms with van der Waals surface area (Å²) in [5.74, 6) is 1.79. The zero-order valence-electron chi connectivity index (χ0n) is 14.4. The van der Waals surface area contributed by atoms with Gasteiger partial charge < -0.3 is 14.6 Å². The Balaban J connectivity index is 1.75. The van der Waals surface area contributed by atoms with Gasteiger partial charge in [0.05, 0.1) is 7.11 Å². The Morgan fingerprint density at radius 1 is 1.21 bits per heavy atom. The fourth-order valence-corrected chi connectivity index (χ4v) is 2.30. The number of amides is 1. The van der Waals surface area contributed by atoms with Crippen molar-refractivity contribution in [1.82, 2.24) is 15.5 Å². The molecule has 2 aromatic rings. The SMILES string of the molecule is CCCCCCNC(=O)CCc1nc(-c2ccc(OC)cc2)no1. The molecule has 0 saturated heterocycles. The first-order valence-electron chi connectivity index (χ1n) is 8.46. The summed E-state index contributed by atoms with van der Waals surface area (Å²) in [5.41, 5.74) is 0.853. The van der Waals surface area contributed by atoms with E-state index in [2.05, 4.69) is 22.4 Å². The summed E-state index contributed by atoms with van der Waals surface area (Å²) in [5, 5.41) is 6.88. The van der Waals surface area contributed by atoms with Gasteiger partial charge in [-0.05, 0) is 30.7 Å². The minimum absolute atomic E-state index is 0.0238. The van der Waals surface area contributed by atoms with Crippen LogP contribution >= 0.6 is 0 Å². The van der Waals surface area contributed by atoms with E-state index in [1.807, 2.05) is 24.3 Å². The van der Waals surface area contributed by atoms with E-state index >= 15 is 0 Å². The molecule has 0 bridgehead atoms. The molecule has 0 aliphatic heterocycles. The van der Waals surface area contributed by atoms with Gasteiger partial charge in [-0.1, -0.05) is 31.3 Å². The Labute approximate surface area is 142 Å². The smallest absolute Gasteiger partial charge is 0.227 e. The normalized spacial score (nSPS) is 10.6. The van der Waals surface area contributed by atoms with Gasteiger partial charge in [-0.3, -0.25) is 4.79 Å². The quantitative estimate of drug-likeness (QED) is 0.675. The van der Waals surface area contributed by atoms with Crippen molar-refractivity contribution in [2.45, 2.75) is 45.4 Å². The van der Waals surface area contributed by atoms with Crippen LogP contribution in [0.5, 0.6) is 5.75 Å². The third kappa shape index (κ3) is 5.68. The van der Waals surface area contributed by atoms with Crippen molar-refractivity contribution in [3.8, 4) is 17.1 Å². The van der Waals surface area contributed by atoms with Crippen LogP contribution in [0.25, 0.3) is 11.4 Å². The molecule has 24 heavy (non-hydrogen) atoms. The third-order valence-electron chi connectivity index (χ3n) is 3.73. The summed E-state index contributed by atoms with van der Waals surface area (Å²) >= 11 is 0. The zero-order chi connectivity index (χ0) is 17.2. The van der Waals surface area contributed by atoms with Crippen molar-refractivity contribution in [2.24, 2.45) is 0 Å². The van der Waals surface area contributed by atoms with E-state index in [-0.39, 0.29) is 5.91 Å². The lowest BCUT2D eigenvalue weighted by atomic mass is 10.2. The Kier molecular flexibility index (Phi) is 7.26. The summed E-state index contributed by atoms with van der Waals surface area (Å²) in [6, 6.07) is 7.43. The van der Waals surface area contributed by atoms with E-state index < -0.39 is 0 Å². The van der Waals surface area contributed by atoms with Gasteiger partial charge in [-0.2, -0.15) is 4.98 Å². The highest BCUT2D eigenvalue weighted by Gasteiger charge is 2.10. The Morgan fingerprint density at radius 3 is 2.71 bits per heavy atom. The van der Waals surface area contributed by atoms with Crippen molar-refractivity contribution >= 4 is 5.91 Å². The fraction of sp³-hybridized carbons (Fsp3) is 0.500. The van der Waals surface area contributed by atoms with Crippen LogP contribution in [0.3, 0.4) is 0 Å².